The van der Waals surface area contributed by atoms with Gasteiger partial charge in [0.1, 0.15) is 12.4 Å². The number of likely N-dealkylation sites (tertiary alicyclic amines) is 1. The van der Waals surface area contributed by atoms with Gasteiger partial charge in [-0.3, -0.25) is 0 Å². The highest BCUT2D eigenvalue weighted by molar-refractivity contribution is 5.85. The van der Waals surface area contributed by atoms with E-state index in [1.54, 1.807) is 0 Å². The van der Waals surface area contributed by atoms with Gasteiger partial charge in [-0.25, -0.2) is 0 Å². The van der Waals surface area contributed by atoms with E-state index in [0.29, 0.717) is 25.3 Å². The van der Waals surface area contributed by atoms with Gasteiger partial charge >= 0.3 is 0 Å². The Morgan fingerprint density at radius 3 is 2.13 bits per heavy atom. The minimum Gasteiger partial charge on any atom is -0.489 e. The third-order valence-corrected chi connectivity index (χ3v) is 7.54. The summed E-state index contributed by atoms with van der Waals surface area (Å²) in [6, 6.07) is 38.0. The Hall–Kier alpha value is -3.15. The monoisotopic (exact) mass is 529 g/mol. The van der Waals surface area contributed by atoms with E-state index in [2.05, 4.69) is 29.2 Å². The van der Waals surface area contributed by atoms with Gasteiger partial charge in [-0.1, -0.05) is 103 Å². The van der Waals surface area contributed by atoms with Crippen molar-refractivity contribution < 1.29 is 14.9 Å². The van der Waals surface area contributed by atoms with Gasteiger partial charge in [0.25, 0.3) is 0 Å². The first-order valence-corrected chi connectivity index (χ1v) is 13.1. The summed E-state index contributed by atoms with van der Waals surface area (Å²) in [6.45, 7) is 2.74. The van der Waals surface area contributed by atoms with Gasteiger partial charge in [-0.05, 0) is 47.2 Å². The number of aliphatic hydroxyl groups excluding tert-OH is 1. The van der Waals surface area contributed by atoms with Crippen molar-refractivity contribution >= 4 is 12.4 Å². The standard InChI is InChI=1S/C33H35NO3.ClH/c35-32(28-15-10-18-30(23-28)37-25-27-13-6-2-7-14-27)31-24-34(21-19-26-11-4-1-5-12-26)22-20-33(31,36)29-16-8-3-9-17-29;/h1-18,23,31-32,35-36H,19-22,24-25H2;1H/t31-,32-,33+;/m0./s1. The van der Waals surface area contributed by atoms with E-state index >= 15 is 0 Å². The number of aliphatic hydroxyl groups is 2. The van der Waals surface area contributed by atoms with Crippen molar-refractivity contribution in [3.05, 3.63) is 138 Å². The molecule has 3 atom stereocenters. The maximum absolute atomic E-state index is 12.0. The van der Waals surface area contributed by atoms with Crippen molar-refractivity contribution in [1.29, 1.82) is 0 Å². The molecule has 1 heterocycles. The number of benzene rings is 4. The molecule has 4 aromatic carbocycles. The Balaban J connectivity index is 0.00000336. The molecule has 5 heteroatoms. The zero-order chi connectivity index (χ0) is 25.5. The molecule has 0 aliphatic carbocycles. The topological polar surface area (TPSA) is 52.9 Å². The zero-order valence-electron chi connectivity index (χ0n) is 21.5. The second-order valence-electron chi connectivity index (χ2n) is 9.97. The summed E-state index contributed by atoms with van der Waals surface area (Å²) in [5.74, 6) is 0.323. The number of halogens is 1. The van der Waals surface area contributed by atoms with Gasteiger partial charge in [-0.15, -0.1) is 12.4 Å². The third-order valence-electron chi connectivity index (χ3n) is 7.54. The molecule has 0 amide bonds. The lowest BCUT2D eigenvalue weighted by atomic mass is 9.72. The lowest BCUT2D eigenvalue weighted by Gasteiger charge is -2.47. The number of ether oxygens (including phenoxy) is 1. The maximum atomic E-state index is 12.0. The number of piperidine rings is 1. The first kappa shape index (κ1) is 27.9. The van der Waals surface area contributed by atoms with Crippen molar-refractivity contribution in [3.63, 3.8) is 0 Å². The molecule has 38 heavy (non-hydrogen) atoms. The lowest BCUT2D eigenvalue weighted by molar-refractivity contribution is -0.122. The average molecular weight is 530 g/mol. The predicted molar refractivity (Wildman–Crippen MR) is 154 cm³/mol. The summed E-state index contributed by atoms with van der Waals surface area (Å²) in [5.41, 5.74) is 2.89. The molecular weight excluding hydrogens is 494 g/mol. The normalized spacial score (nSPS) is 20.3. The molecule has 4 nitrogen and oxygen atoms in total. The molecule has 198 valence electrons. The van der Waals surface area contributed by atoms with Crippen LogP contribution in [0, 0.1) is 5.92 Å². The fourth-order valence-corrected chi connectivity index (χ4v) is 5.38. The highest BCUT2D eigenvalue weighted by Crippen LogP contribution is 2.44. The van der Waals surface area contributed by atoms with Crippen LogP contribution < -0.4 is 4.74 Å². The summed E-state index contributed by atoms with van der Waals surface area (Å²) < 4.78 is 6.03. The molecule has 1 aliphatic heterocycles. The fraction of sp³-hybridized carbons (Fsp3) is 0.273. The first-order valence-electron chi connectivity index (χ1n) is 13.1. The molecule has 5 rings (SSSR count). The number of nitrogens with zero attached hydrogens (tertiary/aromatic N) is 1. The van der Waals surface area contributed by atoms with E-state index in [1.165, 1.54) is 5.56 Å². The Bertz CT molecular complexity index is 1260. The van der Waals surface area contributed by atoms with Crippen molar-refractivity contribution in [3.8, 4) is 5.75 Å². The van der Waals surface area contributed by atoms with E-state index in [0.717, 1.165) is 36.2 Å². The minimum atomic E-state index is -1.12. The predicted octanol–water partition coefficient (Wildman–Crippen LogP) is 6.17. The molecular formula is C33H36ClNO3. The second kappa shape index (κ2) is 13.1. The van der Waals surface area contributed by atoms with Gasteiger partial charge < -0.3 is 19.8 Å². The fourth-order valence-electron chi connectivity index (χ4n) is 5.38. The number of rotatable bonds is 9. The van der Waals surface area contributed by atoms with Gasteiger partial charge in [0.05, 0.1) is 11.7 Å². The Morgan fingerprint density at radius 2 is 1.45 bits per heavy atom. The molecule has 4 aromatic rings. The van der Waals surface area contributed by atoms with Crippen molar-refractivity contribution in [1.82, 2.24) is 4.90 Å². The average Bonchev–Trinajstić information content (AvgIpc) is 2.97. The largest absolute Gasteiger partial charge is 0.489 e. The quantitative estimate of drug-likeness (QED) is 0.272. The van der Waals surface area contributed by atoms with Crippen molar-refractivity contribution in [2.45, 2.75) is 31.2 Å². The van der Waals surface area contributed by atoms with E-state index in [1.807, 2.05) is 91.0 Å². The minimum absolute atomic E-state index is 0. The van der Waals surface area contributed by atoms with Crippen LogP contribution in [0.1, 0.15) is 34.8 Å². The number of hydrogen-bond acceptors (Lipinski definition) is 4. The van der Waals surface area contributed by atoms with Crippen LogP contribution in [0.5, 0.6) is 5.75 Å². The van der Waals surface area contributed by atoms with Crippen LogP contribution >= 0.6 is 12.4 Å². The zero-order valence-corrected chi connectivity index (χ0v) is 22.3. The van der Waals surface area contributed by atoms with Crippen LogP contribution in [0.3, 0.4) is 0 Å². The molecule has 1 fully saturated rings. The van der Waals surface area contributed by atoms with Crippen LogP contribution in [-0.2, 0) is 18.6 Å². The molecule has 0 bridgehead atoms. The molecule has 0 aromatic heterocycles. The first-order chi connectivity index (χ1) is 18.1. The summed E-state index contributed by atoms with van der Waals surface area (Å²) in [4.78, 5) is 2.37. The van der Waals surface area contributed by atoms with Crippen LogP contribution in [0.15, 0.2) is 115 Å². The summed E-state index contributed by atoms with van der Waals surface area (Å²) >= 11 is 0. The van der Waals surface area contributed by atoms with Crippen molar-refractivity contribution in [2.24, 2.45) is 5.92 Å². The molecule has 1 aliphatic rings. The second-order valence-corrected chi connectivity index (χ2v) is 9.97. The Morgan fingerprint density at radius 1 is 0.816 bits per heavy atom. The Kier molecular flexibility index (Phi) is 9.59. The van der Waals surface area contributed by atoms with Gasteiger partial charge in [0, 0.05) is 25.6 Å². The third kappa shape index (κ3) is 6.64. The highest BCUT2D eigenvalue weighted by Gasteiger charge is 2.46. The molecule has 0 spiro atoms. The molecule has 0 unspecified atom stereocenters. The van der Waals surface area contributed by atoms with Gasteiger partial charge in [-0.2, -0.15) is 0 Å². The summed E-state index contributed by atoms with van der Waals surface area (Å²) in [6.07, 6.45) is 0.665. The lowest BCUT2D eigenvalue weighted by Crippen LogP contribution is -2.52. The smallest absolute Gasteiger partial charge is 0.120 e. The van der Waals surface area contributed by atoms with E-state index < -0.39 is 11.7 Å². The SMILES string of the molecule is Cl.O[C@@H](c1cccc(OCc2ccccc2)c1)[C@@H]1CN(CCc2ccccc2)CC[C@@]1(O)c1ccccc1. The van der Waals surface area contributed by atoms with E-state index in [4.69, 9.17) is 4.74 Å². The van der Waals surface area contributed by atoms with Crippen LogP contribution in [0.4, 0.5) is 0 Å². The van der Waals surface area contributed by atoms with Gasteiger partial charge in [0.2, 0.25) is 0 Å². The molecule has 0 saturated carbocycles. The van der Waals surface area contributed by atoms with Crippen molar-refractivity contribution in [2.75, 3.05) is 19.6 Å². The molecule has 2 N–H and O–H groups in total. The molecule has 0 radical (unpaired) electrons. The molecule has 1 saturated heterocycles. The maximum Gasteiger partial charge on any atom is 0.120 e. The summed E-state index contributed by atoms with van der Waals surface area (Å²) in [5, 5.41) is 23.8. The van der Waals surface area contributed by atoms with Gasteiger partial charge in [0.15, 0.2) is 0 Å². The van der Waals surface area contributed by atoms with E-state index in [-0.39, 0.29) is 18.3 Å². The van der Waals surface area contributed by atoms with Crippen LogP contribution in [-0.4, -0.2) is 34.7 Å². The van der Waals surface area contributed by atoms with Crippen LogP contribution in [0.2, 0.25) is 0 Å². The Labute approximate surface area is 231 Å². The van der Waals surface area contributed by atoms with E-state index in [9.17, 15) is 10.2 Å². The summed E-state index contributed by atoms with van der Waals surface area (Å²) in [7, 11) is 0. The highest BCUT2D eigenvalue weighted by atomic mass is 35.5. The number of hydrogen-bond donors (Lipinski definition) is 2. The van der Waals surface area contributed by atoms with Crippen LogP contribution in [0.25, 0.3) is 0 Å².